The second-order valence-corrected chi connectivity index (χ2v) is 7.60. The molecule has 1 N–H and O–H groups in total. The molecule has 138 valence electrons. The molecule has 28 heavy (non-hydrogen) atoms. The van der Waals surface area contributed by atoms with E-state index in [1.54, 1.807) is 18.4 Å². The number of aromatic nitrogens is 1. The molecule has 0 spiro atoms. The summed E-state index contributed by atoms with van der Waals surface area (Å²) in [5.41, 5.74) is 4.54. The normalized spacial score (nSPS) is 11.2. The number of rotatable bonds is 4. The van der Waals surface area contributed by atoms with E-state index in [9.17, 15) is 0 Å². The fraction of sp³-hybridized carbons (Fsp3) is 0.0870. The van der Waals surface area contributed by atoms with Gasteiger partial charge >= 0.3 is 0 Å². The summed E-state index contributed by atoms with van der Waals surface area (Å²) in [7, 11) is 3.54. The number of oxazole rings is 1. The number of nitrogens with zero attached hydrogens (tertiary/aromatic N) is 1. The lowest BCUT2D eigenvalue weighted by Crippen LogP contribution is -1.92. The van der Waals surface area contributed by atoms with Crippen molar-refractivity contribution in [2.45, 2.75) is 0 Å². The van der Waals surface area contributed by atoms with Crippen LogP contribution in [0.2, 0.25) is 0 Å². The number of hydrogen-bond acceptors (Lipinski definition) is 5. The van der Waals surface area contributed by atoms with Gasteiger partial charge in [-0.15, -0.1) is 11.3 Å². The molecule has 2 aromatic heterocycles. The third kappa shape index (κ3) is 2.80. The molecule has 0 unspecified atom stereocenters. The van der Waals surface area contributed by atoms with E-state index in [0.29, 0.717) is 5.89 Å². The summed E-state index contributed by atoms with van der Waals surface area (Å²) in [5.74, 6) is 1.28. The van der Waals surface area contributed by atoms with Crippen molar-refractivity contribution in [2.24, 2.45) is 0 Å². The highest BCUT2D eigenvalue weighted by atomic mass is 32.1. The van der Waals surface area contributed by atoms with Crippen molar-refractivity contribution in [1.82, 2.24) is 4.98 Å². The molecule has 2 heterocycles. The van der Waals surface area contributed by atoms with Crippen molar-refractivity contribution < 1.29 is 9.15 Å². The zero-order valence-corrected chi connectivity index (χ0v) is 16.3. The Morgan fingerprint density at radius 2 is 1.89 bits per heavy atom. The molecule has 0 fully saturated rings. The zero-order chi connectivity index (χ0) is 19.1. The highest BCUT2D eigenvalue weighted by Gasteiger charge is 2.15. The molecule has 0 atom stereocenters. The number of anilines is 1. The van der Waals surface area contributed by atoms with Crippen LogP contribution in [0.4, 0.5) is 5.69 Å². The highest BCUT2D eigenvalue weighted by Crippen LogP contribution is 2.37. The van der Waals surface area contributed by atoms with Gasteiger partial charge in [0.25, 0.3) is 0 Å². The second kappa shape index (κ2) is 6.69. The highest BCUT2D eigenvalue weighted by molar-refractivity contribution is 7.22. The molecule has 0 aliphatic carbocycles. The van der Waals surface area contributed by atoms with Crippen LogP contribution in [0.1, 0.15) is 0 Å². The molecule has 4 nitrogen and oxygen atoms in total. The molecule has 0 bridgehead atoms. The first-order valence-electron chi connectivity index (χ1n) is 9.01. The van der Waals surface area contributed by atoms with E-state index in [2.05, 4.69) is 47.8 Å². The van der Waals surface area contributed by atoms with Crippen LogP contribution in [0.25, 0.3) is 43.1 Å². The fourth-order valence-corrected chi connectivity index (χ4v) is 4.41. The lowest BCUT2D eigenvalue weighted by molar-refractivity contribution is 0.415. The smallest absolute Gasteiger partial charge is 0.231 e. The topological polar surface area (TPSA) is 47.3 Å². The third-order valence-electron chi connectivity index (χ3n) is 4.82. The molecule has 0 saturated heterocycles. The minimum absolute atomic E-state index is 0.553. The van der Waals surface area contributed by atoms with Gasteiger partial charge in [0.2, 0.25) is 5.89 Å². The minimum Gasteiger partial charge on any atom is -0.496 e. The average Bonchev–Trinajstić information content (AvgIpc) is 3.36. The molecule has 0 aliphatic heterocycles. The van der Waals surface area contributed by atoms with E-state index in [4.69, 9.17) is 14.1 Å². The summed E-state index contributed by atoms with van der Waals surface area (Å²) in [6.45, 7) is 0. The standard InChI is InChI=1S/C23H18N2O2S/c1-24-16-8-10-19(26-2)17(13-16)23-25-18-11-15(7-9-20(18)27-23)22-12-14-5-3-4-6-21(14)28-22/h3-13,24H,1-2H3. The van der Waals surface area contributed by atoms with Gasteiger partial charge in [0.05, 0.1) is 12.7 Å². The van der Waals surface area contributed by atoms with Crippen LogP contribution >= 0.6 is 11.3 Å². The van der Waals surface area contributed by atoms with Gasteiger partial charge in [0, 0.05) is 22.3 Å². The molecule has 0 aliphatic rings. The predicted octanol–water partition coefficient (Wildman–Crippen LogP) is 6.43. The maximum atomic E-state index is 6.03. The second-order valence-electron chi connectivity index (χ2n) is 6.52. The number of fused-ring (bicyclic) bond motifs is 2. The summed E-state index contributed by atoms with van der Waals surface area (Å²) >= 11 is 1.79. The summed E-state index contributed by atoms with van der Waals surface area (Å²) in [6.07, 6.45) is 0. The van der Waals surface area contributed by atoms with Crippen LogP contribution in [0.5, 0.6) is 5.75 Å². The number of thiophene rings is 1. The van der Waals surface area contributed by atoms with Gasteiger partial charge in [-0.2, -0.15) is 0 Å². The Bertz CT molecular complexity index is 1270. The van der Waals surface area contributed by atoms with E-state index in [1.165, 1.54) is 15.0 Å². The number of methoxy groups -OCH3 is 1. The Hall–Kier alpha value is -3.31. The molecule has 0 radical (unpaired) electrons. The third-order valence-corrected chi connectivity index (χ3v) is 5.98. The molecular formula is C23H18N2O2S. The molecule has 5 rings (SSSR count). The van der Waals surface area contributed by atoms with Crippen molar-refractivity contribution in [3.63, 3.8) is 0 Å². The summed E-state index contributed by atoms with van der Waals surface area (Å²) < 4.78 is 12.8. The predicted molar refractivity (Wildman–Crippen MR) is 116 cm³/mol. The molecule has 0 amide bonds. The quantitative estimate of drug-likeness (QED) is 0.387. The van der Waals surface area contributed by atoms with Gasteiger partial charge in [-0.1, -0.05) is 18.2 Å². The Morgan fingerprint density at radius 3 is 2.71 bits per heavy atom. The van der Waals surface area contributed by atoms with Crippen LogP contribution in [0.15, 0.2) is 71.1 Å². The van der Waals surface area contributed by atoms with Gasteiger partial charge in [-0.3, -0.25) is 0 Å². The summed E-state index contributed by atoms with van der Waals surface area (Å²) in [4.78, 5) is 5.96. The van der Waals surface area contributed by atoms with Gasteiger partial charge in [-0.25, -0.2) is 4.98 Å². The summed E-state index contributed by atoms with van der Waals surface area (Å²) in [5, 5.41) is 4.40. The van der Waals surface area contributed by atoms with Crippen LogP contribution in [0.3, 0.4) is 0 Å². The van der Waals surface area contributed by atoms with Gasteiger partial charge < -0.3 is 14.5 Å². The average molecular weight is 386 g/mol. The van der Waals surface area contributed by atoms with Crippen LogP contribution in [0, 0.1) is 0 Å². The number of nitrogens with one attached hydrogen (secondary N) is 1. The van der Waals surface area contributed by atoms with Crippen LogP contribution in [-0.4, -0.2) is 19.1 Å². The van der Waals surface area contributed by atoms with Crippen molar-refractivity contribution in [2.75, 3.05) is 19.5 Å². The number of hydrogen-bond donors (Lipinski definition) is 1. The molecule has 3 aromatic carbocycles. The van der Waals surface area contributed by atoms with Crippen molar-refractivity contribution >= 4 is 38.2 Å². The SMILES string of the molecule is CNc1ccc(OC)c(-c2nc3cc(-c4cc5ccccc5s4)ccc3o2)c1. The Kier molecular flexibility index (Phi) is 4.02. The Balaban J connectivity index is 1.61. The minimum atomic E-state index is 0.553. The fourth-order valence-electron chi connectivity index (χ4n) is 3.35. The first kappa shape index (κ1) is 16.8. The largest absolute Gasteiger partial charge is 0.496 e. The van der Waals surface area contributed by atoms with E-state index < -0.39 is 0 Å². The van der Waals surface area contributed by atoms with E-state index in [1.807, 2.05) is 31.3 Å². The monoisotopic (exact) mass is 386 g/mol. The zero-order valence-electron chi connectivity index (χ0n) is 15.5. The van der Waals surface area contributed by atoms with Crippen LogP contribution < -0.4 is 10.1 Å². The maximum Gasteiger partial charge on any atom is 0.231 e. The first-order chi connectivity index (χ1) is 13.7. The van der Waals surface area contributed by atoms with Gasteiger partial charge in [0.15, 0.2) is 5.58 Å². The molecule has 5 heteroatoms. The van der Waals surface area contributed by atoms with Crippen LogP contribution in [-0.2, 0) is 0 Å². The van der Waals surface area contributed by atoms with Crippen molar-refractivity contribution in [3.8, 4) is 27.6 Å². The van der Waals surface area contributed by atoms with E-state index in [0.717, 1.165) is 33.7 Å². The number of benzene rings is 3. The Labute approximate surface area is 166 Å². The van der Waals surface area contributed by atoms with E-state index >= 15 is 0 Å². The molecular weight excluding hydrogens is 368 g/mol. The van der Waals surface area contributed by atoms with Crippen molar-refractivity contribution in [3.05, 3.63) is 66.7 Å². The first-order valence-corrected chi connectivity index (χ1v) is 9.82. The van der Waals surface area contributed by atoms with Crippen molar-refractivity contribution in [1.29, 1.82) is 0 Å². The molecule has 0 saturated carbocycles. The van der Waals surface area contributed by atoms with E-state index in [-0.39, 0.29) is 0 Å². The maximum absolute atomic E-state index is 6.03. The van der Waals surface area contributed by atoms with Gasteiger partial charge in [0.1, 0.15) is 11.3 Å². The summed E-state index contributed by atoms with van der Waals surface area (Å²) in [6, 6.07) is 22.7. The number of ether oxygens (including phenoxy) is 1. The lowest BCUT2D eigenvalue weighted by atomic mass is 10.1. The molecule has 5 aromatic rings. The van der Waals surface area contributed by atoms with Gasteiger partial charge in [-0.05, 0) is 59.5 Å². The Morgan fingerprint density at radius 1 is 1.00 bits per heavy atom. The lowest BCUT2D eigenvalue weighted by Gasteiger charge is -2.07.